The van der Waals surface area contributed by atoms with Crippen LogP contribution in [0.2, 0.25) is 0 Å². The SMILES string of the molecule is CCOc1ccc(-c2nc(-c3cccc(CNCCO)c3C)no2)cc1OCC.CCOc1ccc(-c2nc(-c3cccc4[nH]cnc34)no2)cc1OCC.CCOc1ccc(-c2nc(-c3cccc4c3CCC4N3CC[C@@H](O)C3)no2)cc1OCC.Cc1sc(-c2nc(-c3cccc4[nH]cnc34)no2)cc1-c1ccccc1. The van der Waals surface area contributed by atoms with Gasteiger partial charge < -0.3 is 72.0 Å². The third-order valence-electron chi connectivity index (χ3n) is 19.1. The number of fused-ring (bicyclic) bond motifs is 3. The molecular formula is C86H88N14O12S. The highest BCUT2D eigenvalue weighted by molar-refractivity contribution is 7.15. The fourth-order valence-corrected chi connectivity index (χ4v) is 14.8. The van der Waals surface area contributed by atoms with E-state index in [1.807, 2.05) is 176 Å². The van der Waals surface area contributed by atoms with E-state index < -0.39 is 0 Å². The molecule has 5 N–H and O–H groups in total. The molecule has 27 heteroatoms. The molecule has 1 aliphatic carbocycles. The van der Waals surface area contributed by atoms with Crippen molar-refractivity contribution in [3.05, 3.63) is 204 Å². The maximum Gasteiger partial charge on any atom is 0.268 e. The van der Waals surface area contributed by atoms with Crippen LogP contribution in [0.4, 0.5) is 0 Å². The first-order chi connectivity index (χ1) is 55.4. The topological polar surface area (TPSA) is 324 Å². The Bertz CT molecular complexity index is 5650. The lowest BCUT2D eigenvalue weighted by atomic mass is 10.0. The van der Waals surface area contributed by atoms with E-state index in [0.29, 0.717) is 140 Å². The van der Waals surface area contributed by atoms with Gasteiger partial charge in [-0.25, -0.2) is 9.97 Å². The number of likely N-dealkylation sites (tertiary alicyclic amines) is 1. The summed E-state index contributed by atoms with van der Waals surface area (Å²) < 4.78 is 56.1. The Morgan fingerprint density at radius 3 is 1.44 bits per heavy atom. The van der Waals surface area contributed by atoms with Crippen LogP contribution in [0.1, 0.15) is 87.6 Å². The van der Waals surface area contributed by atoms with Crippen LogP contribution < -0.4 is 33.7 Å². The molecule has 113 heavy (non-hydrogen) atoms. The number of hydrogen-bond acceptors (Lipinski definition) is 25. The Balaban J connectivity index is 0.000000125. The molecule has 0 saturated carbocycles. The molecule has 0 radical (unpaired) electrons. The number of H-pyrrole nitrogens is 2. The summed E-state index contributed by atoms with van der Waals surface area (Å²) in [6.07, 6.45) is 5.99. The highest BCUT2D eigenvalue weighted by atomic mass is 32.1. The molecule has 8 heterocycles. The van der Waals surface area contributed by atoms with Gasteiger partial charge in [0.05, 0.1) is 103 Å². The normalized spacial score (nSPS) is 13.7. The number of aromatic amines is 2. The Morgan fingerprint density at radius 2 is 0.938 bits per heavy atom. The Hall–Kier alpha value is -12.4. The Kier molecular flexibility index (Phi) is 25.1. The van der Waals surface area contributed by atoms with Crippen molar-refractivity contribution in [1.29, 1.82) is 0 Å². The summed E-state index contributed by atoms with van der Waals surface area (Å²) in [5.74, 6) is 8.07. The zero-order valence-electron chi connectivity index (χ0n) is 64.1. The van der Waals surface area contributed by atoms with E-state index >= 15 is 0 Å². The van der Waals surface area contributed by atoms with E-state index in [-0.39, 0.29) is 12.7 Å². The third kappa shape index (κ3) is 17.7. The highest BCUT2D eigenvalue weighted by Gasteiger charge is 2.34. The van der Waals surface area contributed by atoms with Gasteiger partial charge in [-0.05, 0) is 193 Å². The molecule has 2 aliphatic rings. The monoisotopic (exact) mass is 1540 g/mol. The summed E-state index contributed by atoms with van der Waals surface area (Å²) in [4.78, 5) is 37.9. The smallest absolute Gasteiger partial charge is 0.268 e. The number of nitrogens with one attached hydrogen (secondary N) is 3. The van der Waals surface area contributed by atoms with Crippen molar-refractivity contribution in [2.75, 3.05) is 65.9 Å². The Labute approximate surface area is 656 Å². The average molecular weight is 1540 g/mol. The number of aliphatic hydroxyl groups is 2. The van der Waals surface area contributed by atoms with Crippen LogP contribution in [0.3, 0.4) is 0 Å². The molecule has 0 spiro atoms. The highest BCUT2D eigenvalue weighted by Crippen LogP contribution is 2.44. The third-order valence-corrected chi connectivity index (χ3v) is 20.1. The van der Waals surface area contributed by atoms with Gasteiger partial charge in [0.2, 0.25) is 23.3 Å². The average Bonchev–Trinajstić information content (AvgIpc) is 1.63. The standard InChI is InChI=1S/C25H29N3O4.C22H27N3O4.C20H14N4OS.C19H18N4O3/c1-3-30-22-11-8-16(14-23(22)31-4-2)25-26-24(27-32-25)20-7-5-6-19-18(20)9-10-21(19)28-13-12-17(29)15-28;1-4-27-19-10-9-16(13-20(19)28-5-2)22-24-21(25-29-22)18-8-6-7-17(15(18)3)14-23-11-12-26;1-12-15(13-6-3-2-4-7-13)10-17(26-12)20-23-19(24-25-20)14-8-5-9-16-18(14)22-11-21-16;1-3-24-15-9-8-12(10-16(15)25-4-2)19-22-18(23-26-19)13-6-5-7-14-17(13)21-11-20-14/h5-8,11,14,17,21,29H,3-4,9-10,12-13,15H2,1-2H3;6-10,13,23,26H,4-5,11-12,14H2,1-3H3;2-11H,1H3,(H,21,22);5-11H,3-4H2,1-2H3,(H,20,21)/t17-,21?;;;/m1.../s1. The van der Waals surface area contributed by atoms with E-state index in [1.54, 1.807) is 24.0 Å². The predicted molar refractivity (Wildman–Crippen MR) is 432 cm³/mol. The first-order valence-electron chi connectivity index (χ1n) is 37.9. The van der Waals surface area contributed by atoms with Crippen molar-refractivity contribution in [3.8, 4) is 136 Å². The van der Waals surface area contributed by atoms with Crippen LogP contribution >= 0.6 is 11.3 Å². The molecule has 8 aromatic carbocycles. The molecule has 1 fully saturated rings. The van der Waals surface area contributed by atoms with Crippen molar-refractivity contribution in [2.45, 2.75) is 93.3 Å². The summed E-state index contributed by atoms with van der Waals surface area (Å²) in [6.45, 7) is 22.1. The fraction of sp³-hybridized carbons (Fsp3) is 0.279. The second-order valence-corrected chi connectivity index (χ2v) is 27.5. The molecule has 0 bridgehead atoms. The molecule has 0 amide bonds. The number of imidazole rings is 2. The van der Waals surface area contributed by atoms with Gasteiger partial charge in [0.25, 0.3) is 23.6 Å². The molecule has 1 aliphatic heterocycles. The van der Waals surface area contributed by atoms with Crippen LogP contribution in [0.5, 0.6) is 34.5 Å². The lowest BCUT2D eigenvalue weighted by molar-refractivity contribution is 0.159. The molecule has 26 nitrogen and oxygen atoms in total. The lowest BCUT2D eigenvalue weighted by Gasteiger charge is -2.24. The zero-order chi connectivity index (χ0) is 78.2. The van der Waals surface area contributed by atoms with E-state index in [0.717, 1.165) is 109 Å². The minimum atomic E-state index is -0.210. The summed E-state index contributed by atoms with van der Waals surface area (Å²) in [6, 6.07) is 53.6. The van der Waals surface area contributed by atoms with E-state index in [9.17, 15) is 5.11 Å². The van der Waals surface area contributed by atoms with Crippen molar-refractivity contribution in [1.82, 2.24) is 70.7 Å². The fourth-order valence-electron chi connectivity index (χ4n) is 13.8. The van der Waals surface area contributed by atoms with Crippen LogP contribution in [0.15, 0.2) is 195 Å². The quantitative estimate of drug-likeness (QED) is 0.0314. The number of benzene rings is 8. The number of aromatic nitrogens is 12. The van der Waals surface area contributed by atoms with E-state index in [1.165, 1.54) is 27.1 Å². The van der Waals surface area contributed by atoms with Gasteiger partial charge in [-0.3, -0.25) is 4.90 Å². The number of ether oxygens (including phenoxy) is 6. The molecule has 15 aromatic rings. The minimum absolute atomic E-state index is 0.110. The largest absolute Gasteiger partial charge is 0.490 e. The number of hydrogen-bond donors (Lipinski definition) is 5. The van der Waals surface area contributed by atoms with Crippen LogP contribution in [0, 0.1) is 13.8 Å². The number of nitrogens with zero attached hydrogens (tertiary/aromatic N) is 11. The maximum atomic E-state index is 9.96. The van der Waals surface area contributed by atoms with Crippen molar-refractivity contribution in [3.63, 3.8) is 0 Å². The minimum Gasteiger partial charge on any atom is -0.490 e. The Morgan fingerprint density at radius 1 is 0.478 bits per heavy atom. The maximum absolute atomic E-state index is 9.96. The van der Waals surface area contributed by atoms with Crippen molar-refractivity contribution in [2.24, 2.45) is 0 Å². The summed E-state index contributed by atoms with van der Waals surface area (Å²) in [7, 11) is 0. The first kappa shape index (κ1) is 77.3. The second-order valence-electron chi connectivity index (χ2n) is 26.3. The van der Waals surface area contributed by atoms with Crippen LogP contribution in [-0.4, -0.2) is 148 Å². The number of β-amino-alcohol motifs (C(OH)–C–C–N with tert-alkyl or cyclic N) is 1. The molecule has 580 valence electrons. The van der Waals surface area contributed by atoms with Crippen molar-refractivity contribution < 1.29 is 56.7 Å². The van der Waals surface area contributed by atoms with Gasteiger partial charge in [-0.15, -0.1) is 11.3 Å². The molecule has 1 saturated heterocycles. The summed E-state index contributed by atoms with van der Waals surface area (Å²) >= 11 is 1.66. The number of aryl methyl sites for hydroxylation is 1. The van der Waals surface area contributed by atoms with Gasteiger partial charge in [0.1, 0.15) is 0 Å². The molecule has 17 rings (SSSR count). The van der Waals surface area contributed by atoms with E-state index in [2.05, 4.69) is 109 Å². The van der Waals surface area contributed by atoms with Gasteiger partial charge in [-0.2, -0.15) is 19.9 Å². The predicted octanol–water partition coefficient (Wildman–Crippen LogP) is 17.2. The molecular weight excluding hydrogens is 1450 g/mol. The van der Waals surface area contributed by atoms with Crippen LogP contribution in [-0.2, 0) is 13.0 Å². The first-order valence-corrected chi connectivity index (χ1v) is 38.8. The van der Waals surface area contributed by atoms with Gasteiger partial charge in [0.15, 0.2) is 34.5 Å². The second kappa shape index (κ2) is 36.6. The zero-order valence-corrected chi connectivity index (χ0v) is 64.9. The number of para-hydroxylation sites is 2. The number of rotatable bonds is 26. The molecule has 1 unspecified atom stereocenters. The van der Waals surface area contributed by atoms with Crippen molar-refractivity contribution >= 4 is 33.4 Å². The van der Waals surface area contributed by atoms with Crippen LogP contribution in [0.25, 0.3) is 124 Å². The summed E-state index contributed by atoms with van der Waals surface area (Å²) in [5.41, 5.74) is 16.7. The summed E-state index contributed by atoms with van der Waals surface area (Å²) in [5, 5.41) is 38.9. The van der Waals surface area contributed by atoms with E-state index in [4.69, 9.17) is 56.6 Å². The number of thiophene rings is 1. The number of aliphatic hydroxyl groups excluding tert-OH is 2. The van der Waals surface area contributed by atoms with Gasteiger partial charge in [0, 0.05) is 64.9 Å². The lowest BCUT2D eigenvalue weighted by Crippen LogP contribution is -2.26. The van der Waals surface area contributed by atoms with Gasteiger partial charge >= 0.3 is 0 Å². The van der Waals surface area contributed by atoms with Gasteiger partial charge in [-0.1, -0.05) is 99.5 Å². The molecule has 7 aromatic heterocycles. The molecule has 2 atom stereocenters.